The van der Waals surface area contributed by atoms with E-state index >= 15 is 0 Å². The van der Waals surface area contributed by atoms with E-state index in [0.29, 0.717) is 24.0 Å². The number of ketones is 1. The molecule has 0 aliphatic heterocycles. The number of hydrogen-bond donors (Lipinski definition) is 0. The minimum absolute atomic E-state index is 0.0305. The predicted octanol–water partition coefficient (Wildman–Crippen LogP) is 6.59. The third-order valence-corrected chi connectivity index (χ3v) is 5.94. The molecule has 3 aromatic carbocycles. The molecular weight excluding hydrogens is 378 g/mol. The lowest BCUT2D eigenvalue weighted by Gasteiger charge is -2.33. The first-order valence-electron chi connectivity index (χ1n) is 10.6. The van der Waals surface area contributed by atoms with Crippen LogP contribution in [0, 0.1) is 25.2 Å². The van der Waals surface area contributed by atoms with Gasteiger partial charge in [0.1, 0.15) is 0 Å². The van der Waals surface area contributed by atoms with Gasteiger partial charge in [0.25, 0.3) is 0 Å². The van der Waals surface area contributed by atoms with Crippen molar-refractivity contribution in [1.82, 2.24) is 0 Å². The number of carbonyl (C=O) groups is 1. The van der Waals surface area contributed by atoms with E-state index in [1.165, 1.54) is 11.1 Å². The highest BCUT2D eigenvalue weighted by molar-refractivity contribution is 6.14. The van der Waals surface area contributed by atoms with Gasteiger partial charge in [0, 0.05) is 11.1 Å². The summed E-state index contributed by atoms with van der Waals surface area (Å²) >= 11 is 0. The highest BCUT2D eigenvalue weighted by Gasteiger charge is 2.41. The third kappa shape index (κ3) is 4.42. The Labute approximate surface area is 184 Å². The lowest BCUT2D eigenvalue weighted by molar-refractivity contribution is -0.113. The van der Waals surface area contributed by atoms with Gasteiger partial charge in [0.05, 0.1) is 11.5 Å². The molecule has 3 aromatic rings. The number of rotatable bonds is 3. The molecule has 4 rings (SSSR count). The SMILES string of the molecule is Cc1ccc(/C=C2\CC(C#N)(c3ccccc3)C/C(=C\c3ccc(C)cc3)C2=O)cc1. The summed E-state index contributed by atoms with van der Waals surface area (Å²) in [6.07, 6.45) is 4.70. The van der Waals surface area contributed by atoms with Crippen molar-refractivity contribution in [2.75, 3.05) is 0 Å². The molecular formula is C29H25NO. The first-order chi connectivity index (χ1) is 15.0. The van der Waals surface area contributed by atoms with Crippen LogP contribution in [0.15, 0.2) is 90.0 Å². The average molecular weight is 404 g/mol. The highest BCUT2D eigenvalue weighted by Crippen LogP contribution is 2.43. The summed E-state index contributed by atoms with van der Waals surface area (Å²) in [5.74, 6) is 0.0305. The minimum atomic E-state index is -0.762. The lowest BCUT2D eigenvalue weighted by atomic mass is 9.66. The number of aryl methyl sites for hydroxylation is 2. The van der Waals surface area contributed by atoms with Crippen LogP contribution in [0.4, 0.5) is 0 Å². The van der Waals surface area contributed by atoms with Gasteiger partial charge in [0.15, 0.2) is 5.78 Å². The average Bonchev–Trinajstić information content (AvgIpc) is 2.80. The predicted molar refractivity (Wildman–Crippen MR) is 126 cm³/mol. The van der Waals surface area contributed by atoms with Crippen LogP contribution in [0.1, 0.15) is 40.7 Å². The van der Waals surface area contributed by atoms with Gasteiger partial charge in [-0.25, -0.2) is 0 Å². The summed E-state index contributed by atoms with van der Waals surface area (Å²) in [5, 5.41) is 10.3. The second-order valence-corrected chi connectivity index (χ2v) is 8.40. The Hall–Kier alpha value is -3.70. The van der Waals surface area contributed by atoms with Crippen LogP contribution in [-0.4, -0.2) is 5.78 Å². The summed E-state index contributed by atoms with van der Waals surface area (Å²) in [6, 6.07) is 28.6. The Kier molecular flexibility index (Phi) is 5.69. The van der Waals surface area contributed by atoms with Crippen LogP contribution in [0.3, 0.4) is 0 Å². The monoisotopic (exact) mass is 403 g/mol. The Morgan fingerprint density at radius 3 is 1.61 bits per heavy atom. The van der Waals surface area contributed by atoms with E-state index in [9.17, 15) is 10.1 Å². The zero-order chi connectivity index (χ0) is 21.8. The van der Waals surface area contributed by atoms with E-state index < -0.39 is 5.41 Å². The number of Topliss-reactive ketones (excluding diaryl/α,β-unsaturated/α-hetero) is 1. The van der Waals surface area contributed by atoms with Crippen molar-refractivity contribution >= 4 is 17.9 Å². The fraction of sp³-hybridized carbons (Fsp3) is 0.172. The molecule has 0 unspecified atom stereocenters. The third-order valence-electron chi connectivity index (χ3n) is 5.94. The van der Waals surface area contributed by atoms with Crippen LogP contribution in [0.5, 0.6) is 0 Å². The second kappa shape index (κ2) is 8.58. The van der Waals surface area contributed by atoms with Crippen molar-refractivity contribution in [2.24, 2.45) is 0 Å². The minimum Gasteiger partial charge on any atom is -0.289 e. The topological polar surface area (TPSA) is 40.9 Å². The Morgan fingerprint density at radius 1 is 0.742 bits per heavy atom. The standard InChI is InChI=1S/C29H25NO/c1-21-8-12-23(13-9-21)16-25-18-29(20-30,27-6-4-3-5-7-27)19-26(28(25)31)17-24-14-10-22(2)11-15-24/h3-17H,18-19H2,1-2H3/b25-16+,26-17+. The van der Waals surface area contributed by atoms with Gasteiger partial charge in [-0.05, 0) is 55.5 Å². The van der Waals surface area contributed by atoms with Gasteiger partial charge in [0.2, 0.25) is 0 Å². The quantitative estimate of drug-likeness (QED) is 0.463. The van der Waals surface area contributed by atoms with Crippen LogP contribution < -0.4 is 0 Å². The van der Waals surface area contributed by atoms with E-state index in [0.717, 1.165) is 16.7 Å². The summed E-state index contributed by atoms with van der Waals surface area (Å²) in [6.45, 7) is 4.09. The van der Waals surface area contributed by atoms with Gasteiger partial charge in [-0.2, -0.15) is 5.26 Å². The number of allylic oxidation sites excluding steroid dienone is 2. The number of nitriles is 1. The van der Waals surface area contributed by atoms with E-state index in [2.05, 4.69) is 6.07 Å². The fourth-order valence-electron chi connectivity index (χ4n) is 4.15. The second-order valence-electron chi connectivity index (χ2n) is 8.40. The molecule has 0 spiro atoms. The molecule has 1 saturated carbocycles. The lowest BCUT2D eigenvalue weighted by Crippen LogP contribution is -2.33. The molecule has 152 valence electrons. The van der Waals surface area contributed by atoms with Gasteiger partial charge < -0.3 is 0 Å². The van der Waals surface area contributed by atoms with E-state index in [4.69, 9.17) is 0 Å². The molecule has 0 N–H and O–H groups in total. The van der Waals surface area contributed by atoms with Crippen LogP contribution in [0.2, 0.25) is 0 Å². The number of benzene rings is 3. The zero-order valence-electron chi connectivity index (χ0n) is 17.9. The van der Waals surface area contributed by atoms with Crippen LogP contribution in [0.25, 0.3) is 12.2 Å². The van der Waals surface area contributed by atoms with Crippen molar-refractivity contribution < 1.29 is 4.79 Å². The maximum atomic E-state index is 13.5. The first kappa shape index (κ1) is 20.6. The molecule has 1 aliphatic carbocycles. The molecule has 0 heterocycles. The van der Waals surface area contributed by atoms with Gasteiger partial charge in [-0.15, -0.1) is 0 Å². The Morgan fingerprint density at radius 2 is 1.19 bits per heavy atom. The molecule has 1 aliphatic rings. The van der Waals surface area contributed by atoms with Crippen LogP contribution in [-0.2, 0) is 10.2 Å². The summed E-state index contributed by atoms with van der Waals surface area (Å²) in [5.41, 5.74) is 5.85. The molecule has 1 fully saturated rings. The maximum Gasteiger partial charge on any atom is 0.185 e. The number of hydrogen-bond acceptors (Lipinski definition) is 2. The van der Waals surface area contributed by atoms with Crippen molar-refractivity contribution in [3.05, 3.63) is 118 Å². The molecule has 0 saturated heterocycles. The molecule has 0 bridgehead atoms. The Bertz CT molecular complexity index is 1120. The molecule has 0 atom stereocenters. The van der Waals surface area contributed by atoms with Gasteiger partial charge in [-0.3, -0.25) is 4.79 Å². The van der Waals surface area contributed by atoms with E-state index in [1.807, 2.05) is 105 Å². The molecule has 2 heteroatoms. The molecule has 31 heavy (non-hydrogen) atoms. The smallest absolute Gasteiger partial charge is 0.185 e. The number of carbonyl (C=O) groups excluding carboxylic acids is 1. The normalized spacial score (nSPS) is 21.3. The van der Waals surface area contributed by atoms with Crippen LogP contribution >= 0.6 is 0 Å². The summed E-state index contributed by atoms with van der Waals surface area (Å²) in [7, 11) is 0. The van der Waals surface area contributed by atoms with E-state index in [-0.39, 0.29) is 5.78 Å². The van der Waals surface area contributed by atoms with Gasteiger partial charge >= 0.3 is 0 Å². The Balaban J connectivity index is 1.83. The van der Waals surface area contributed by atoms with Crippen molar-refractivity contribution in [2.45, 2.75) is 32.1 Å². The zero-order valence-corrected chi connectivity index (χ0v) is 17.9. The van der Waals surface area contributed by atoms with Crippen molar-refractivity contribution in [1.29, 1.82) is 5.26 Å². The fourth-order valence-corrected chi connectivity index (χ4v) is 4.15. The molecule has 0 aromatic heterocycles. The van der Waals surface area contributed by atoms with Gasteiger partial charge in [-0.1, -0.05) is 90.0 Å². The summed E-state index contributed by atoms with van der Waals surface area (Å²) in [4.78, 5) is 13.5. The molecule has 0 amide bonds. The van der Waals surface area contributed by atoms with Crippen molar-refractivity contribution in [3.63, 3.8) is 0 Å². The molecule has 0 radical (unpaired) electrons. The van der Waals surface area contributed by atoms with Crippen molar-refractivity contribution in [3.8, 4) is 6.07 Å². The highest BCUT2D eigenvalue weighted by atomic mass is 16.1. The first-order valence-corrected chi connectivity index (χ1v) is 10.6. The summed E-state index contributed by atoms with van der Waals surface area (Å²) < 4.78 is 0. The largest absolute Gasteiger partial charge is 0.289 e. The molecule has 2 nitrogen and oxygen atoms in total. The number of nitrogens with zero attached hydrogens (tertiary/aromatic N) is 1. The maximum absolute atomic E-state index is 13.5. The van der Waals surface area contributed by atoms with E-state index in [1.54, 1.807) is 0 Å².